The Kier molecular flexibility index (Phi) is 25.7. The molecule has 312 valence electrons. The molecule has 0 radical (unpaired) electrons. The van der Waals surface area contributed by atoms with Gasteiger partial charge in [0, 0.05) is 25.7 Å². The summed E-state index contributed by atoms with van der Waals surface area (Å²) in [4.78, 5) is 2.38. The Labute approximate surface area is 328 Å². The van der Waals surface area contributed by atoms with Gasteiger partial charge in [0.05, 0.1) is 13.2 Å². The van der Waals surface area contributed by atoms with Gasteiger partial charge in [0.1, 0.15) is 17.6 Å². The maximum absolute atomic E-state index is 13.6. The predicted molar refractivity (Wildman–Crippen MR) is 188 cm³/mol. The molecule has 0 aromatic heterocycles. The molecule has 0 fully saturated rings. The molecule has 0 bridgehead atoms. The van der Waals surface area contributed by atoms with E-state index < -0.39 is 72.1 Å². The van der Waals surface area contributed by atoms with Crippen LogP contribution in [0, 0.1) is 0 Å². The molecule has 53 heavy (non-hydrogen) atoms. The van der Waals surface area contributed by atoms with Crippen molar-refractivity contribution in [1.82, 2.24) is 4.90 Å². The molecule has 2 atom stereocenters. The van der Waals surface area contributed by atoms with E-state index in [0.29, 0.717) is 10.2 Å². The average molecular weight is 1040 g/mol. The van der Waals surface area contributed by atoms with Gasteiger partial charge in [0.2, 0.25) is 0 Å². The van der Waals surface area contributed by atoms with Crippen molar-refractivity contribution in [3.63, 3.8) is 0 Å². The molecule has 2 aromatic rings. The van der Waals surface area contributed by atoms with Crippen LogP contribution in [0.15, 0.2) is 57.5 Å². The lowest BCUT2D eigenvalue weighted by atomic mass is 9.96. The third-order valence-corrected chi connectivity index (χ3v) is 8.39. The summed E-state index contributed by atoms with van der Waals surface area (Å²) in [7, 11) is 0. The summed E-state index contributed by atoms with van der Waals surface area (Å²) >= 11 is 7.42. The number of phenolic OH excluding ortho intramolecular Hbond substituents is 1. The fourth-order valence-corrected chi connectivity index (χ4v) is 4.56. The number of halogens is 17. The number of aromatic hydroxyl groups is 1. The van der Waals surface area contributed by atoms with Crippen molar-refractivity contribution >= 4 is 54.5 Å². The fraction of sp³-hybridized carbons (Fsp3) is 0.613. The van der Waals surface area contributed by atoms with Crippen molar-refractivity contribution < 1.29 is 81.5 Å². The highest BCUT2D eigenvalue weighted by molar-refractivity contribution is 14.1. The van der Waals surface area contributed by atoms with Crippen LogP contribution in [0.5, 0.6) is 11.5 Å². The number of benzene rings is 2. The number of phenols is 1. The Morgan fingerprint density at radius 3 is 1.17 bits per heavy atom. The lowest BCUT2D eigenvalue weighted by molar-refractivity contribution is -0.347. The van der Waals surface area contributed by atoms with Crippen LogP contribution >= 0.6 is 54.5 Å². The van der Waals surface area contributed by atoms with E-state index in [0.717, 1.165) is 27.1 Å². The van der Waals surface area contributed by atoms with Crippen molar-refractivity contribution in [2.75, 3.05) is 32.8 Å². The summed E-state index contributed by atoms with van der Waals surface area (Å²) < 4.78 is 178. The highest BCUT2D eigenvalue weighted by Gasteiger charge is 2.73. The van der Waals surface area contributed by atoms with Crippen molar-refractivity contribution in [3.05, 3.63) is 57.5 Å². The van der Waals surface area contributed by atoms with Gasteiger partial charge >= 0.3 is 30.4 Å². The van der Waals surface area contributed by atoms with Gasteiger partial charge in [-0.3, -0.25) is 0 Å². The van der Waals surface area contributed by atoms with Crippen LogP contribution in [0.3, 0.4) is 0 Å². The number of nitrogens with zero attached hydrogens (tertiary/aromatic N) is 1. The molecular weight excluding hydrogens is 1000 g/mol. The Balaban J connectivity index is -0.000000693. The second kappa shape index (κ2) is 24.3. The number of ether oxygens (including phenoxy) is 1. The van der Waals surface area contributed by atoms with E-state index in [-0.39, 0.29) is 13.2 Å². The molecular formula is C31H40Br2F14INO4. The molecule has 2 rings (SSSR count). The van der Waals surface area contributed by atoms with Crippen molar-refractivity contribution in [2.24, 2.45) is 0 Å². The normalized spacial score (nSPS) is 13.6. The van der Waals surface area contributed by atoms with Gasteiger partial charge < -0.3 is 25.0 Å². The zero-order chi connectivity index (χ0) is 41.4. The number of hydrogen-bond acceptors (Lipinski definition) is 5. The fourth-order valence-electron chi connectivity index (χ4n) is 3.43. The summed E-state index contributed by atoms with van der Waals surface area (Å²) in [5.74, 6) is 0.196. The largest absolute Gasteiger partial charge is 0.508 e. The standard InChI is InChI=1S/C12H10BrF7O2.C6H5BrO.C6H6F7IO.C6H15N.CH4/c13-7-1-3-8(4-2-7)22-9(6-21)5-10(14,11(15,16)17)12(18,19)20;7-5-1-3-6(8)4-2-5;7-4(5(8,9)10,6(11,12)13)1-3(14)2-15;1-4-7(5-2)6-3;/h1-4,9,21H,5-6H2;1-4,8H;3,15H,1-2H2;4-6H2,1-3H3;1H4. The minimum atomic E-state index is -6.18. The van der Waals surface area contributed by atoms with Crippen LogP contribution < -0.4 is 4.74 Å². The number of rotatable bonds is 11. The minimum absolute atomic E-state index is 0. The second-order valence-corrected chi connectivity index (χ2v) is 13.8. The number of alkyl halides is 15. The number of aliphatic hydroxyl groups excluding tert-OH is 2. The first-order chi connectivity index (χ1) is 23.5. The molecule has 22 heteroatoms. The predicted octanol–water partition coefficient (Wildman–Crippen LogP) is 11.6. The molecule has 0 aliphatic carbocycles. The maximum atomic E-state index is 13.6. The summed E-state index contributed by atoms with van der Waals surface area (Å²) in [6.07, 6.45) is -30.4. The smallest absolute Gasteiger partial charge is 0.431 e. The molecule has 0 aliphatic rings. The van der Waals surface area contributed by atoms with Crippen LogP contribution in [0.1, 0.15) is 41.0 Å². The van der Waals surface area contributed by atoms with Gasteiger partial charge in [-0.15, -0.1) is 0 Å². The van der Waals surface area contributed by atoms with Crippen LogP contribution in [-0.4, -0.2) is 99.1 Å². The van der Waals surface area contributed by atoms with Crippen LogP contribution in [0.25, 0.3) is 0 Å². The molecule has 2 unspecified atom stereocenters. The lowest BCUT2D eigenvalue weighted by Crippen LogP contribution is -2.55. The Hall–Kier alpha value is -1.37. The lowest BCUT2D eigenvalue weighted by Gasteiger charge is -2.32. The summed E-state index contributed by atoms with van der Waals surface area (Å²) in [6.45, 7) is 7.95. The van der Waals surface area contributed by atoms with E-state index in [4.69, 9.17) is 20.1 Å². The van der Waals surface area contributed by atoms with Crippen LogP contribution in [-0.2, 0) is 0 Å². The SMILES string of the molecule is C.CCN(CC)CC.OCC(CC(F)(C(F)(F)F)C(F)(F)F)Oc1ccc(Br)cc1.OCC(I)CC(F)(C(F)(F)F)C(F)(F)F.Oc1ccc(Br)cc1. The molecule has 3 N–H and O–H groups in total. The third kappa shape index (κ3) is 19.4. The van der Waals surface area contributed by atoms with E-state index in [1.54, 1.807) is 24.3 Å². The summed E-state index contributed by atoms with van der Waals surface area (Å²) in [6, 6.07) is 12.2. The van der Waals surface area contributed by atoms with E-state index >= 15 is 0 Å². The van der Waals surface area contributed by atoms with Gasteiger partial charge in [-0.05, 0) is 68.2 Å². The van der Waals surface area contributed by atoms with Crippen LogP contribution in [0.4, 0.5) is 61.5 Å². The summed E-state index contributed by atoms with van der Waals surface area (Å²) in [5, 5.41) is 26.0. The Morgan fingerprint density at radius 1 is 0.604 bits per heavy atom. The molecule has 0 aliphatic heterocycles. The van der Waals surface area contributed by atoms with Gasteiger partial charge in [-0.25, -0.2) is 8.78 Å². The topological polar surface area (TPSA) is 73.2 Å². The third-order valence-electron chi connectivity index (χ3n) is 6.50. The second-order valence-electron chi connectivity index (χ2n) is 10.3. The van der Waals surface area contributed by atoms with Crippen molar-refractivity contribution in [2.45, 2.75) is 87.1 Å². The van der Waals surface area contributed by atoms with Crippen LogP contribution in [0.2, 0.25) is 0 Å². The summed E-state index contributed by atoms with van der Waals surface area (Å²) in [5.41, 5.74) is -10.7. The first kappa shape index (κ1) is 56.0. The molecule has 0 saturated carbocycles. The van der Waals surface area contributed by atoms with E-state index in [9.17, 15) is 61.5 Å². The quantitative estimate of drug-likeness (QED) is 0.119. The first-order valence-corrected chi connectivity index (χ1v) is 17.4. The van der Waals surface area contributed by atoms with Crippen molar-refractivity contribution in [3.8, 4) is 11.5 Å². The molecule has 0 saturated heterocycles. The monoisotopic (exact) mass is 1040 g/mol. The number of hydrogen-bond donors (Lipinski definition) is 3. The zero-order valence-electron chi connectivity index (χ0n) is 27.3. The molecule has 0 heterocycles. The molecule has 0 amide bonds. The maximum Gasteiger partial charge on any atom is 0.431 e. The van der Waals surface area contributed by atoms with E-state index in [2.05, 4.69) is 57.5 Å². The zero-order valence-corrected chi connectivity index (χ0v) is 32.7. The first-order valence-electron chi connectivity index (χ1n) is 14.6. The average Bonchev–Trinajstić information content (AvgIpc) is 3.02. The molecule has 5 nitrogen and oxygen atoms in total. The Bertz CT molecular complexity index is 1190. The van der Waals surface area contributed by atoms with Gasteiger partial charge in [0.15, 0.2) is 0 Å². The van der Waals surface area contributed by atoms with E-state index in [1.807, 2.05) is 0 Å². The van der Waals surface area contributed by atoms with Gasteiger partial charge in [0.25, 0.3) is 5.67 Å². The number of aliphatic hydroxyl groups is 2. The highest BCUT2D eigenvalue weighted by Crippen LogP contribution is 2.50. The van der Waals surface area contributed by atoms with Crippen molar-refractivity contribution in [1.29, 1.82) is 0 Å². The highest BCUT2D eigenvalue weighted by atomic mass is 127. The van der Waals surface area contributed by atoms with E-state index in [1.165, 1.54) is 43.9 Å². The minimum Gasteiger partial charge on any atom is -0.508 e. The van der Waals surface area contributed by atoms with Gasteiger partial charge in [-0.1, -0.05) is 82.6 Å². The Morgan fingerprint density at radius 2 is 0.925 bits per heavy atom. The van der Waals surface area contributed by atoms with Gasteiger partial charge in [-0.2, -0.15) is 52.7 Å². The molecule has 2 aromatic carbocycles. The molecule has 0 spiro atoms.